The maximum absolute atomic E-state index is 14.8. The molecule has 5 rings (SSSR count). The number of para-hydroxylation sites is 2. The SMILES string of the molecule is CCOc1ccccc1N(CC(=O)N(Cc1cccc(Br)c1)C(Cc1ccccc1)C(=O)NC1CCCCC1)S(=O)(=O)c1ccc(Cl)cc1. The number of hydrogen-bond donors (Lipinski definition) is 1. The van der Waals surface area contributed by atoms with Crippen molar-refractivity contribution in [2.45, 2.75) is 69.0 Å². The standard InChI is InChI=1S/C38H41BrClN3O5S/c1-2-48-36-19-10-9-18-34(36)43(49(46,47)33-22-20-31(40)21-23-33)27-37(44)42(26-29-14-11-15-30(39)24-29)35(25-28-12-5-3-6-13-28)38(45)41-32-16-7-4-8-17-32/h3,5-6,9-15,18-24,32,35H,2,4,7-8,16-17,25-27H2,1H3,(H,41,45). The van der Waals surface area contributed by atoms with Gasteiger partial charge in [-0.2, -0.15) is 0 Å². The van der Waals surface area contributed by atoms with E-state index in [0.29, 0.717) is 10.8 Å². The molecule has 1 N–H and O–H groups in total. The first-order valence-corrected chi connectivity index (χ1v) is 19.1. The fourth-order valence-electron chi connectivity index (χ4n) is 6.12. The second kappa shape index (κ2) is 17.2. The van der Waals surface area contributed by atoms with E-state index in [2.05, 4.69) is 21.2 Å². The molecule has 0 heterocycles. The zero-order chi connectivity index (χ0) is 34.8. The van der Waals surface area contributed by atoms with Crippen molar-refractivity contribution in [3.8, 4) is 5.75 Å². The van der Waals surface area contributed by atoms with Crippen LogP contribution < -0.4 is 14.4 Å². The third-order valence-electron chi connectivity index (χ3n) is 8.58. The Morgan fingerprint density at radius 2 is 1.57 bits per heavy atom. The lowest BCUT2D eigenvalue weighted by atomic mass is 9.94. The minimum absolute atomic E-state index is 0.0159. The Labute approximate surface area is 302 Å². The quantitative estimate of drug-likeness (QED) is 0.142. The first-order valence-electron chi connectivity index (χ1n) is 16.5. The first-order chi connectivity index (χ1) is 23.7. The molecule has 1 fully saturated rings. The number of carbonyl (C=O) groups excluding carboxylic acids is 2. The second-order valence-electron chi connectivity index (χ2n) is 12.1. The van der Waals surface area contributed by atoms with E-state index >= 15 is 0 Å². The predicted octanol–water partition coefficient (Wildman–Crippen LogP) is 7.79. The van der Waals surface area contributed by atoms with Crippen molar-refractivity contribution in [2.75, 3.05) is 17.5 Å². The summed E-state index contributed by atoms with van der Waals surface area (Å²) in [6.07, 6.45) is 5.21. The monoisotopic (exact) mass is 765 g/mol. The van der Waals surface area contributed by atoms with E-state index in [1.54, 1.807) is 31.2 Å². The number of rotatable bonds is 14. The first kappa shape index (κ1) is 36.4. The van der Waals surface area contributed by atoms with Crippen molar-refractivity contribution in [2.24, 2.45) is 0 Å². The molecule has 4 aromatic carbocycles. The Morgan fingerprint density at radius 3 is 2.27 bits per heavy atom. The van der Waals surface area contributed by atoms with Crippen LogP contribution in [0.4, 0.5) is 5.69 Å². The molecule has 1 aliphatic carbocycles. The summed E-state index contributed by atoms with van der Waals surface area (Å²) in [6, 6.07) is 28.7. The number of halogens is 2. The molecule has 0 saturated heterocycles. The maximum atomic E-state index is 14.8. The van der Waals surface area contributed by atoms with Crippen LogP contribution in [0.2, 0.25) is 5.02 Å². The minimum atomic E-state index is -4.31. The zero-order valence-corrected chi connectivity index (χ0v) is 30.6. The molecule has 4 aromatic rings. The molecule has 8 nitrogen and oxygen atoms in total. The van der Waals surface area contributed by atoms with E-state index in [9.17, 15) is 18.0 Å². The molecule has 1 unspecified atom stereocenters. The number of sulfonamides is 1. The van der Waals surface area contributed by atoms with Gasteiger partial charge in [0, 0.05) is 28.5 Å². The van der Waals surface area contributed by atoms with Gasteiger partial charge < -0.3 is 15.0 Å². The van der Waals surface area contributed by atoms with Gasteiger partial charge in [0.2, 0.25) is 11.8 Å². The van der Waals surface area contributed by atoms with Gasteiger partial charge in [-0.3, -0.25) is 13.9 Å². The van der Waals surface area contributed by atoms with Crippen LogP contribution >= 0.6 is 27.5 Å². The fourth-order valence-corrected chi connectivity index (χ4v) is 8.12. The Bertz CT molecular complexity index is 1820. The van der Waals surface area contributed by atoms with Crippen LogP contribution in [0.25, 0.3) is 0 Å². The zero-order valence-electron chi connectivity index (χ0n) is 27.4. The largest absolute Gasteiger partial charge is 0.492 e. The Morgan fingerprint density at radius 1 is 0.898 bits per heavy atom. The molecule has 258 valence electrons. The summed E-state index contributed by atoms with van der Waals surface area (Å²) in [5.74, 6) is -0.491. The van der Waals surface area contributed by atoms with Crippen LogP contribution in [0.3, 0.4) is 0 Å². The number of nitrogens with one attached hydrogen (secondary N) is 1. The highest BCUT2D eigenvalue weighted by atomic mass is 79.9. The Hall–Kier alpha value is -3.86. The molecular formula is C38H41BrClN3O5S. The van der Waals surface area contributed by atoms with Gasteiger partial charge >= 0.3 is 0 Å². The molecule has 1 aliphatic rings. The van der Waals surface area contributed by atoms with Gasteiger partial charge in [0.1, 0.15) is 18.3 Å². The summed E-state index contributed by atoms with van der Waals surface area (Å²) < 4.78 is 36.5. The third-order valence-corrected chi connectivity index (χ3v) is 11.1. The van der Waals surface area contributed by atoms with Crippen molar-refractivity contribution < 1.29 is 22.7 Å². The molecule has 0 bridgehead atoms. The molecule has 1 saturated carbocycles. The highest BCUT2D eigenvalue weighted by Gasteiger charge is 2.36. The van der Waals surface area contributed by atoms with Gasteiger partial charge in [0.05, 0.1) is 17.2 Å². The molecule has 0 spiro atoms. The van der Waals surface area contributed by atoms with Crippen molar-refractivity contribution in [3.63, 3.8) is 0 Å². The molecule has 11 heteroatoms. The van der Waals surface area contributed by atoms with Crippen LogP contribution in [-0.4, -0.2) is 50.4 Å². The van der Waals surface area contributed by atoms with Crippen molar-refractivity contribution in [1.82, 2.24) is 10.2 Å². The summed E-state index contributed by atoms with van der Waals surface area (Å²) in [5.41, 5.74) is 1.88. The lowest BCUT2D eigenvalue weighted by molar-refractivity contribution is -0.140. The summed E-state index contributed by atoms with van der Waals surface area (Å²) in [7, 11) is -4.31. The van der Waals surface area contributed by atoms with E-state index < -0.39 is 28.5 Å². The maximum Gasteiger partial charge on any atom is 0.264 e. The van der Waals surface area contributed by atoms with E-state index in [4.69, 9.17) is 16.3 Å². The molecule has 49 heavy (non-hydrogen) atoms. The number of hydrogen-bond acceptors (Lipinski definition) is 5. The van der Waals surface area contributed by atoms with E-state index in [1.807, 2.05) is 54.6 Å². The molecule has 0 aliphatic heterocycles. The fraction of sp³-hybridized carbons (Fsp3) is 0.316. The van der Waals surface area contributed by atoms with Crippen LogP contribution in [0, 0.1) is 0 Å². The molecular weight excluding hydrogens is 726 g/mol. The lowest BCUT2D eigenvalue weighted by Gasteiger charge is -2.35. The smallest absolute Gasteiger partial charge is 0.264 e. The van der Waals surface area contributed by atoms with Gasteiger partial charge in [-0.1, -0.05) is 101 Å². The van der Waals surface area contributed by atoms with Crippen LogP contribution in [0.15, 0.2) is 112 Å². The minimum Gasteiger partial charge on any atom is -0.492 e. The molecule has 0 aromatic heterocycles. The van der Waals surface area contributed by atoms with Gasteiger partial charge in [0.15, 0.2) is 0 Å². The normalized spacial score (nSPS) is 14.1. The number of benzene rings is 4. The van der Waals surface area contributed by atoms with Gasteiger partial charge in [-0.05, 0) is 79.4 Å². The summed E-state index contributed by atoms with van der Waals surface area (Å²) >= 11 is 9.64. The molecule has 0 radical (unpaired) electrons. The van der Waals surface area contributed by atoms with Crippen LogP contribution in [0.1, 0.15) is 50.2 Å². The Kier molecular flexibility index (Phi) is 12.8. The van der Waals surface area contributed by atoms with E-state index in [-0.39, 0.29) is 42.1 Å². The summed E-state index contributed by atoms with van der Waals surface area (Å²) in [5, 5.41) is 3.62. The van der Waals surface area contributed by atoms with Crippen molar-refractivity contribution in [3.05, 3.63) is 124 Å². The number of carbonyl (C=O) groups is 2. The molecule has 1 atom stereocenters. The number of anilines is 1. The lowest BCUT2D eigenvalue weighted by Crippen LogP contribution is -2.55. The third kappa shape index (κ3) is 9.65. The average Bonchev–Trinajstić information content (AvgIpc) is 3.10. The predicted molar refractivity (Wildman–Crippen MR) is 197 cm³/mol. The van der Waals surface area contributed by atoms with Gasteiger partial charge in [0.25, 0.3) is 10.0 Å². The van der Waals surface area contributed by atoms with Gasteiger partial charge in [-0.15, -0.1) is 0 Å². The van der Waals surface area contributed by atoms with Gasteiger partial charge in [-0.25, -0.2) is 8.42 Å². The Balaban J connectivity index is 1.59. The number of nitrogens with zero attached hydrogens (tertiary/aromatic N) is 2. The van der Waals surface area contributed by atoms with Crippen LogP contribution in [0.5, 0.6) is 5.75 Å². The highest BCUT2D eigenvalue weighted by Crippen LogP contribution is 2.33. The summed E-state index contributed by atoms with van der Waals surface area (Å²) in [6.45, 7) is 1.59. The second-order valence-corrected chi connectivity index (χ2v) is 15.3. The topological polar surface area (TPSA) is 96.0 Å². The number of amides is 2. The van der Waals surface area contributed by atoms with Crippen molar-refractivity contribution >= 4 is 55.1 Å². The average molecular weight is 767 g/mol. The van der Waals surface area contributed by atoms with E-state index in [0.717, 1.165) is 52.0 Å². The molecule has 2 amide bonds. The highest BCUT2D eigenvalue weighted by molar-refractivity contribution is 9.10. The number of ether oxygens (including phenoxy) is 1. The van der Waals surface area contributed by atoms with Crippen molar-refractivity contribution in [1.29, 1.82) is 0 Å². The van der Waals surface area contributed by atoms with Crippen LogP contribution in [-0.2, 0) is 32.6 Å². The van der Waals surface area contributed by atoms with E-state index in [1.165, 1.54) is 29.2 Å². The summed E-state index contributed by atoms with van der Waals surface area (Å²) in [4.78, 5) is 30.6.